The Morgan fingerprint density at radius 3 is 2.95 bits per heavy atom. The van der Waals surface area contributed by atoms with Crippen LogP contribution in [0.25, 0.3) is 11.3 Å². The van der Waals surface area contributed by atoms with Crippen molar-refractivity contribution in [1.82, 2.24) is 9.55 Å². The zero-order valence-electron chi connectivity index (χ0n) is 9.94. The van der Waals surface area contributed by atoms with Crippen molar-refractivity contribution in [3.8, 4) is 17.0 Å². The number of rotatable bonds is 2. The molecule has 100 valence electrons. The highest BCUT2D eigenvalue weighted by Gasteiger charge is 2.28. The maximum Gasteiger partial charge on any atom is 0.406 e. The fourth-order valence-electron chi connectivity index (χ4n) is 2.25. The van der Waals surface area contributed by atoms with E-state index in [1.807, 2.05) is 18.2 Å². The Labute approximate surface area is 107 Å². The Balaban J connectivity index is 1.93. The Hall–Kier alpha value is -1.98. The van der Waals surface area contributed by atoms with Crippen LogP contribution in [0.5, 0.6) is 5.75 Å². The normalized spacial score (nSPS) is 14.3. The molecule has 0 N–H and O–H groups in total. The lowest BCUT2D eigenvalue weighted by Gasteiger charge is -2.06. The summed E-state index contributed by atoms with van der Waals surface area (Å²) in [5.41, 5.74) is 2.40. The van der Waals surface area contributed by atoms with Crippen LogP contribution in [0.1, 0.15) is 5.56 Å². The number of alkyl halides is 3. The van der Waals surface area contributed by atoms with Crippen molar-refractivity contribution < 1.29 is 17.9 Å². The van der Waals surface area contributed by atoms with E-state index in [2.05, 4.69) is 4.98 Å². The molecule has 3 rings (SSSR count). The Morgan fingerprint density at radius 2 is 2.16 bits per heavy atom. The second kappa shape index (κ2) is 4.29. The molecule has 3 nitrogen and oxygen atoms in total. The molecular formula is C13H11F3N2O. The van der Waals surface area contributed by atoms with Crippen LogP contribution in [0, 0.1) is 0 Å². The number of nitrogens with zero attached hydrogens (tertiary/aromatic N) is 2. The van der Waals surface area contributed by atoms with E-state index in [-0.39, 0.29) is 0 Å². The summed E-state index contributed by atoms with van der Waals surface area (Å²) in [6.07, 6.45) is -0.850. The summed E-state index contributed by atoms with van der Waals surface area (Å²) in [4.78, 5) is 4.06. The number of benzene rings is 1. The summed E-state index contributed by atoms with van der Waals surface area (Å²) in [6, 6.07) is 5.54. The average molecular weight is 268 g/mol. The van der Waals surface area contributed by atoms with E-state index in [0.717, 1.165) is 27.9 Å². The summed E-state index contributed by atoms with van der Waals surface area (Å²) >= 11 is 0. The number of fused-ring (bicyclic) bond motifs is 1. The molecule has 19 heavy (non-hydrogen) atoms. The molecule has 1 aliphatic rings. The van der Waals surface area contributed by atoms with Crippen LogP contribution >= 0.6 is 0 Å². The molecule has 0 radical (unpaired) electrons. The molecule has 0 aliphatic carbocycles. The SMILES string of the molecule is FC(F)(F)Cn1cnc(-c2cccc3c2CCO3)c1. The maximum absolute atomic E-state index is 12.3. The van der Waals surface area contributed by atoms with Gasteiger partial charge in [-0.2, -0.15) is 13.2 Å². The maximum atomic E-state index is 12.3. The molecule has 0 unspecified atom stereocenters. The smallest absolute Gasteiger partial charge is 0.406 e. The molecule has 1 aromatic carbocycles. The minimum atomic E-state index is -4.24. The van der Waals surface area contributed by atoms with E-state index in [9.17, 15) is 13.2 Å². The summed E-state index contributed by atoms with van der Waals surface area (Å²) in [7, 11) is 0. The second-order valence-electron chi connectivity index (χ2n) is 4.43. The first-order valence-electron chi connectivity index (χ1n) is 5.86. The molecule has 1 aliphatic heterocycles. The quantitative estimate of drug-likeness (QED) is 0.837. The third kappa shape index (κ3) is 2.43. The van der Waals surface area contributed by atoms with Crippen LogP contribution in [0.4, 0.5) is 13.2 Å². The first-order chi connectivity index (χ1) is 9.03. The fraction of sp³-hybridized carbons (Fsp3) is 0.308. The van der Waals surface area contributed by atoms with Gasteiger partial charge in [0.2, 0.25) is 0 Å². The van der Waals surface area contributed by atoms with Crippen LogP contribution in [0.3, 0.4) is 0 Å². The van der Waals surface area contributed by atoms with Gasteiger partial charge in [0.1, 0.15) is 12.3 Å². The van der Waals surface area contributed by atoms with E-state index in [1.165, 1.54) is 12.5 Å². The van der Waals surface area contributed by atoms with Crippen molar-refractivity contribution in [2.24, 2.45) is 0 Å². The van der Waals surface area contributed by atoms with Gasteiger partial charge in [0.05, 0.1) is 18.6 Å². The Bertz CT molecular complexity index is 604. The van der Waals surface area contributed by atoms with Gasteiger partial charge in [0.15, 0.2) is 0 Å². The number of imidazole rings is 1. The number of hydrogen-bond acceptors (Lipinski definition) is 2. The van der Waals surface area contributed by atoms with E-state index in [4.69, 9.17) is 4.74 Å². The van der Waals surface area contributed by atoms with Gasteiger partial charge in [0, 0.05) is 23.7 Å². The largest absolute Gasteiger partial charge is 0.493 e. The molecule has 0 atom stereocenters. The molecule has 0 bridgehead atoms. The summed E-state index contributed by atoms with van der Waals surface area (Å²) in [5, 5.41) is 0. The third-order valence-corrected chi connectivity index (χ3v) is 3.01. The molecule has 6 heteroatoms. The standard InChI is InChI=1S/C13H11F3N2O/c14-13(15,16)7-18-6-11(17-8-18)9-2-1-3-12-10(9)4-5-19-12/h1-3,6,8H,4-5,7H2. The van der Waals surface area contributed by atoms with Gasteiger partial charge >= 0.3 is 6.18 Å². The highest BCUT2D eigenvalue weighted by Crippen LogP contribution is 2.33. The summed E-state index contributed by atoms with van der Waals surface area (Å²) in [6.45, 7) is -0.416. The molecular weight excluding hydrogens is 257 g/mol. The Kier molecular flexibility index (Phi) is 2.73. The molecule has 2 aromatic rings. The van der Waals surface area contributed by atoms with E-state index in [0.29, 0.717) is 12.3 Å². The van der Waals surface area contributed by atoms with E-state index < -0.39 is 12.7 Å². The van der Waals surface area contributed by atoms with Crippen molar-refractivity contribution in [3.63, 3.8) is 0 Å². The third-order valence-electron chi connectivity index (χ3n) is 3.01. The zero-order chi connectivity index (χ0) is 13.5. The second-order valence-corrected chi connectivity index (χ2v) is 4.43. The lowest BCUT2D eigenvalue weighted by Crippen LogP contribution is -2.16. The van der Waals surface area contributed by atoms with Crippen LogP contribution < -0.4 is 4.74 Å². The first kappa shape index (κ1) is 12.1. The predicted molar refractivity (Wildman–Crippen MR) is 62.9 cm³/mol. The zero-order valence-corrected chi connectivity index (χ0v) is 9.94. The number of hydrogen-bond donors (Lipinski definition) is 0. The molecule has 0 spiro atoms. The van der Waals surface area contributed by atoms with Crippen molar-refractivity contribution in [1.29, 1.82) is 0 Å². The van der Waals surface area contributed by atoms with Crippen molar-refractivity contribution in [2.45, 2.75) is 19.1 Å². The lowest BCUT2D eigenvalue weighted by molar-refractivity contribution is -0.140. The van der Waals surface area contributed by atoms with Gasteiger partial charge in [-0.25, -0.2) is 4.98 Å². The van der Waals surface area contributed by atoms with E-state index in [1.54, 1.807) is 0 Å². The minimum Gasteiger partial charge on any atom is -0.493 e. The van der Waals surface area contributed by atoms with Crippen LogP contribution in [-0.4, -0.2) is 22.3 Å². The van der Waals surface area contributed by atoms with Crippen LogP contribution in [0.2, 0.25) is 0 Å². The fourth-order valence-corrected chi connectivity index (χ4v) is 2.25. The van der Waals surface area contributed by atoms with Gasteiger partial charge < -0.3 is 9.30 Å². The molecule has 2 heterocycles. The van der Waals surface area contributed by atoms with Gasteiger partial charge in [-0.15, -0.1) is 0 Å². The summed E-state index contributed by atoms with van der Waals surface area (Å²) < 4.78 is 43.4. The lowest BCUT2D eigenvalue weighted by atomic mass is 10.0. The van der Waals surface area contributed by atoms with Crippen molar-refractivity contribution >= 4 is 0 Å². The number of halogens is 3. The molecule has 0 amide bonds. The molecule has 1 aromatic heterocycles. The topological polar surface area (TPSA) is 27.1 Å². The van der Waals surface area contributed by atoms with Gasteiger partial charge in [-0.1, -0.05) is 12.1 Å². The van der Waals surface area contributed by atoms with Crippen molar-refractivity contribution in [2.75, 3.05) is 6.61 Å². The van der Waals surface area contributed by atoms with Crippen LogP contribution in [0.15, 0.2) is 30.7 Å². The van der Waals surface area contributed by atoms with Gasteiger partial charge in [-0.3, -0.25) is 0 Å². The highest BCUT2D eigenvalue weighted by molar-refractivity contribution is 5.67. The van der Waals surface area contributed by atoms with Gasteiger partial charge in [-0.05, 0) is 6.07 Å². The monoisotopic (exact) mass is 268 g/mol. The minimum absolute atomic E-state index is 0.548. The highest BCUT2D eigenvalue weighted by atomic mass is 19.4. The average Bonchev–Trinajstić information content (AvgIpc) is 2.94. The molecule has 0 fully saturated rings. The van der Waals surface area contributed by atoms with Crippen molar-refractivity contribution in [3.05, 3.63) is 36.3 Å². The molecule has 0 saturated heterocycles. The molecule has 0 saturated carbocycles. The predicted octanol–water partition coefficient (Wildman–Crippen LogP) is 3.05. The van der Waals surface area contributed by atoms with Gasteiger partial charge in [0.25, 0.3) is 0 Å². The number of ether oxygens (including phenoxy) is 1. The van der Waals surface area contributed by atoms with E-state index >= 15 is 0 Å². The number of aromatic nitrogens is 2. The first-order valence-corrected chi connectivity index (χ1v) is 5.86. The van der Waals surface area contributed by atoms with Crippen LogP contribution in [-0.2, 0) is 13.0 Å². The summed E-state index contributed by atoms with van der Waals surface area (Å²) in [5.74, 6) is 0.794. The Morgan fingerprint density at radius 1 is 1.32 bits per heavy atom.